The first-order valence-electron chi connectivity index (χ1n) is 7.87. The second kappa shape index (κ2) is 6.23. The lowest BCUT2D eigenvalue weighted by Crippen LogP contribution is -2.45. The number of ketones is 1. The van der Waals surface area contributed by atoms with Crippen LogP contribution in [0.1, 0.15) is 43.4 Å². The summed E-state index contributed by atoms with van der Waals surface area (Å²) in [6.07, 6.45) is 4.69. The van der Waals surface area contributed by atoms with E-state index >= 15 is 0 Å². The van der Waals surface area contributed by atoms with Gasteiger partial charge in [-0.1, -0.05) is 18.0 Å². The first-order chi connectivity index (χ1) is 10.1. The Morgan fingerprint density at radius 2 is 2.05 bits per heavy atom. The lowest BCUT2D eigenvalue weighted by Gasteiger charge is -2.35. The lowest BCUT2D eigenvalue weighted by molar-refractivity contribution is -0.122. The Kier molecular flexibility index (Phi) is 4.35. The summed E-state index contributed by atoms with van der Waals surface area (Å²) in [6, 6.07) is 0.155. The Labute approximate surface area is 125 Å². The van der Waals surface area contributed by atoms with Crippen molar-refractivity contribution < 1.29 is 9.32 Å². The van der Waals surface area contributed by atoms with Gasteiger partial charge in [-0.15, -0.1) is 0 Å². The molecule has 1 aliphatic heterocycles. The molecule has 1 unspecified atom stereocenters. The summed E-state index contributed by atoms with van der Waals surface area (Å²) < 4.78 is 5.30. The van der Waals surface area contributed by atoms with E-state index in [4.69, 9.17) is 4.52 Å². The van der Waals surface area contributed by atoms with Gasteiger partial charge < -0.3 is 9.42 Å². The minimum atomic E-state index is 0.155. The summed E-state index contributed by atoms with van der Waals surface area (Å²) in [5, 5.41) is 4.10. The van der Waals surface area contributed by atoms with Gasteiger partial charge in [-0.2, -0.15) is 4.98 Å². The van der Waals surface area contributed by atoms with Gasteiger partial charge in [-0.05, 0) is 26.9 Å². The summed E-state index contributed by atoms with van der Waals surface area (Å²) >= 11 is 0. The zero-order valence-electron chi connectivity index (χ0n) is 12.9. The highest BCUT2D eigenvalue weighted by Gasteiger charge is 2.29. The van der Waals surface area contributed by atoms with Crippen molar-refractivity contribution in [1.82, 2.24) is 19.9 Å². The molecule has 1 saturated heterocycles. The van der Waals surface area contributed by atoms with Crippen LogP contribution in [0.15, 0.2) is 4.52 Å². The second-order valence-electron chi connectivity index (χ2n) is 6.43. The molecule has 1 atom stereocenters. The highest BCUT2D eigenvalue weighted by molar-refractivity contribution is 5.82. The molecule has 6 heteroatoms. The normalized spacial score (nSPS) is 25.5. The predicted octanol–water partition coefficient (Wildman–Crippen LogP) is 1.29. The van der Waals surface area contributed by atoms with Crippen LogP contribution in [0.25, 0.3) is 0 Å². The second-order valence-corrected chi connectivity index (χ2v) is 6.43. The summed E-state index contributed by atoms with van der Waals surface area (Å²) in [7, 11) is 4.18. The molecule has 0 N–H and O–H groups in total. The number of nitrogens with zero attached hydrogens (tertiary/aromatic N) is 4. The van der Waals surface area contributed by atoms with Crippen molar-refractivity contribution in [1.29, 1.82) is 0 Å². The maximum atomic E-state index is 12.2. The van der Waals surface area contributed by atoms with Gasteiger partial charge in [0, 0.05) is 25.6 Å². The fourth-order valence-corrected chi connectivity index (χ4v) is 3.31. The van der Waals surface area contributed by atoms with Gasteiger partial charge in [0.15, 0.2) is 5.82 Å². The molecule has 116 valence electrons. The van der Waals surface area contributed by atoms with Gasteiger partial charge in [0.05, 0.1) is 12.5 Å². The fraction of sp³-hybridized carbons (Fsp3) is 0.800. The molecule has 1 saturated carbocycles. The molecule has 6 nitrogen and oxygen atoms in total. The standard InChI is InChI=1S/C15H24N4O2/c1-18-7-8-19(2)12(10-18)15-16-14(21-17-15)9-13(20)11-5-3-4-6-11/h11-12H,3-10H2,1-2H3. The molecule has 2 heterocycles. The van der Waals surface area contributed by atoms with Crippen LogP contribution in [0.2, 0.25) is 0 Å². The number of hydrogen-bond acceptors (Lipinski definition) is 6. The molecule has 0 spiro atoms. The maximum Gasteiger partial charge on any atom is 0.234 e. The quantitative estimate of drug-likeness (QED) is 0.833. The molecule has 0 bridgehead atoms. The Bertz CT molecular complexity index is 496. The van der Waals surface area contributed by atoms with E-state index in [-0.39, 0.29) is 17.7 Å². The van der Waals surface area contributed by atoms with Crippen molar-refractivity contribution in [3.05, 3.63) is 11.7 Å². The maximum absolute atomic E-state index is 12.2. The van der Waals surface area contributed by atoms with Crippen LogP contribution in [-0.2, 0) is 11.2 Å². The Balaban J connectivity index is 1.64. The number of carbonyl (C=O) groups is 1. The summed E-state index contributed by atoms with van der Waals surface area (Å²) in [5.41, 5.74) is 0. The van der Waals surface area contributed by atoms with E-state index in [0.717, 1.165) is 32.5 Å². The molecule has 0 amide bonds. The van der Waals surface area contributed by atoms with Crippen LogP contribution in [0.5, 0.6) is 0 Å². The van der Waals surface area contributed by atoms with E-state index < -0.39 is 0 Å². The molecule has 1 aliphatic carbocycles. The minimum Gasteiger partial charge on any atom is -0.339 e. The fourth-order valence-electron chi connectivity index (χ4n) is 3.31. The van der Waals surface area contributed by atoms with Crippen molar-refractivity contribution in [3.8, 4) is 0 Å². The van der Waals surface area contributed by atoms with Gasteiger partial charge in [-0.3, -0.25) is 9.69 Å². The van der Waals surface area contributed by atoms with Crippen molar-refractivity contribution in [2.24, 2.45) is 5.92 Å². The van der Waals surface area contributed by atoms with Crippen LogP contribution in [0.3, 0.4) is 0 Å². The highest BCUT2D eigenvalue weighted by Crippen LogP contribution is 2.27. The van der Waals surface area contributed by atoms with Gasteiger partial charge >= 0.3 is 0 Å². The van der Waals surface area contributed by atoms with E-state index in [1.807, 2.05) is 0 Å². The van der Waals surface area contributed by atoms with Crippen LogP contribution in [0.4, 0.5) is 0 Å². The van der Waals surface area contributed by atoms with E-state index in [0.29, 0.717) is 18.1 Å². The zero-order valence-corrected chi connectivity index (χ0v) is 12.9. The monoisotopic (exact) mass is 292 g/mol. The third-order valence-electron chi connectivity index (χ3n) is 4.77. The SMILES string of the molecule is CN1CCN(C)C(c2noc(CC(=O)C3CCCC3)n2)C1. The Morgan fingerprint density at radius 3 is 2.81 bits per heavy atom. The molecule has 1 aromatic heterocycles. The third kappa shape index (κ3) is 3.32. The minimum absolute atomic E-state index is 0.155. The largest absolute Gasteiger partial charge is 0.339 e. The number of hydrogen-bond donors (Lipinski definition) is 0. The number of aromatic nitrogens is 2. The van der Waals surface area contributed by atoms with E-state index in [1.165, 1.54) is 12.8 Å². The van der Waals surface area contributed by atoms with Crippen molar-refractivity contribution in [3.63, 3.8) is 0 Å². The van der Waals surface area contributed by atoms with E-state index in [2.05, 4.69) is 34.0 Å². The van der Waals surface area contributed by atoms with Crippen molar-refractivity contribution in [2.75, 3.05) is 33.7 Å². The number of rotatable bonds is 4. The van der Waals surface area contributed by atoms with Crippen LogP contribution in [0, 0.1) is 5.92 Å². The molecule has 2 fully saturated rings. The number of carbonyl (C=O) groups excluding carboxylic acids is 1. The molecule has 21 heavy (non-hydrogen) atoms. The van der Waals surface area contributed by atoms with Crippen LogP contribution < -0.4 is 0 Å². The number of likely N-dealkylation sites (N-methyl/N-ethyl adjacent to an activating group) is 2. The summed E-state index contributed by atoms with van der Waals surface area (Å²) in [4.78, 5) is 21.1. The van der Waals surface area contributed by atoms with Crippen molar-refractivity contribution >= 4 is 5.78 Å². The molecule has 0 radical (unpaired) electrons. The van der Waals surface area contributed by atoms with E-state index in [1.54, 1.807) is 0 Å². The average Bonchev–Trinajstić information content (AvgIpc) is 3.12. The number of Topliss-reactive ketones (excluding diaryl/α,β-unsaturated/α-hetero) is 1. The van der Waals surface area contributed by atoms with Crippen molar-refractivity contribution in [2.45, 2.75) is 38.1 Å². The average molecular weight is 292 g/mol. The van der Waals surface area contributed by atoms with Gasteiger partial charge in [-0.25, -0.2) is 0 Å². The molecule has 0 aromatic carbocycles. The lowest BCUT2D eigenvalue weighted by atomic mass is 10.0. The van der Waals surface area contributed by atoms with E-state index in [9.17, 15) is 4.79 Å². The van der Waals surface area contributed by atoms with Gasteiger partial charge in [0.1, 0.15) is 5.78 Å². The highest BCUT2D eigenvalue weighted by atomic mass is 16.5. The Morgan fingerprint density at radius 1 is 1.29 bits per heavy atom. The topological polar surface area (TPSA) is 62.5 Å². The number of piperazine rings is 1. The summed E-state index contributed by atoms with van der Waals surface area (Å²) in [5.74, 6) is 1.66. The smallest absolute Gasteiger partial charge is 0.234 e. The molecule has 1 aromatic rings. The molecular weight excluding hydrogens is 268 g/mol. The third-order valence-corrected chi connectivity index (χ3v) is 4.77. The summed E-state index contributed by atoms with van der Waals surface area (Å²) in [6.45, 7) is 2.94. The molecule has 3 rings (SSSR count). The van der Waals surface area contributed by atoms with Gasteiger partial charge in [0.25, 0.3) is 0 Å². The Hall–Kier alpha value is -1.27. The first kappa shape index (κ1) is 14.7. The zero-order chi connectivity index (χ0) is 14.8. The molecule has 2 aliphatic rings. The van der Waals surface area contributed by atoms with Crippen LogP contribution in [-0.4, -0.2) is 59.5 Å². The predicted molar refractivity (Wildman–Crippen MR) is 77.8 cm³/mol. The van der Waals surface area contributed by atoms with Crippen LogP contribution >= 0.6 is 0 Å². The first-order valence-corrected chi connectivity index (χ1v) is 7.87. The van der Waals surface area contributed by atoms with Gasteiger partial charge in [0.2, 0.25) is 5.89 Å². The molecular formula is C15H24N4O2.